The molecule has 4 rings (SSSR count). The number of allylic oxidation sites excluding steroid dienone is 1. The Morgan fingerprint density at radius 2 is 1.81 bits per heavy atom. The number of rotatable bonds is 4. The average molecular weight is 432 g/mol. The Hall–Kier alpha value is -4.01. The maximum Gasteiger partial charge on any atom is 0.275 e. The van der Waals surface area contributed by atoms with Crippen molar-refractivity contribution < 1.29 is 9.72 Å². The number of fused-ring (bicyclic) bond motifs is 1. The number of carbonyl (C=O) groups excluding carboxylic acids is 1. The minimum Gasteiger partial charge on any atom is -0.366 e. The van der Waals surface area contributed by atoms with Gasteiger partial charge in [-0.25, -0.2) is 4.68 Å². The molecule has 1 amide bonds. The van der Waals surface area contributed by atoms with Crippen LogP contribution in [0.25, 0.3) is 11.4 Å². The number of para-hydroxylation sites is 1. The Labute approximate surface area is 185 Å². The Balaban J connectivity index is 1.86. The minimum atomic E-state index is -0.875. The summed E-state index contributed by atoms with van der Waals surface area (Å²) in [5.41, 5.74) is 8.53. The van der Waals surface area contributed by atoms with Gasteiger partial charge in [0.1, 0.15) is 6.04 Å². The van der Waals surface area contributed by atoms with Crippen molar-refractivity contribution >= 4 is 17.5 Å². The van der Waals surface area contributed by atoms with Gasteiger partial charge in [0.05, 0.1) is 16.1 Å². The zero-order chi connectivity index (χ0) is 23.2. The third kappa shape index (κ3) is 3.62. The fourth-order valence-electron chi connectivity index (χ4n) is 3.88. The molecule has 1 unspecified atom stereocenters. The number of aromatic nitrogens is 3. The van der Waals surface area contributed by atoms with E-state index in [0.29, 0.717) is 23.0 Å². The first kappa shape index (κ1) is 21.2. The molecule has 32 heavy (non-hydrogen) atoms. The fraction of sp³-hybridized carbons (Fsp3) is 0.261. The first-order chi connectivity index (χ1) is 15.1. The van der Waals surface area contributed by atoms with E-state index in [4.69, 9.17) is 5.73 Å². The molecule has 0 aliphatic carbocycles. The van der Waals surface area contributed by atoms with E-state index >= 15 is 0 Å². The maximum atomic E-state index is 12.3. The van der Waals surface area contributed by atoms with Gasteiger partial charge in [0.25, 0.3) is 5.69 Å². The fourth-order valence-corrected chi connectivity index (χ4v) is 3.88. The van der Waals surface area contributed by atoms with Crippen LogP contribution >= 0.6 is 0 Å². The van der Waals surface area contributed by atoms with Crippen LogP contribution in [0.5, 0.6) is 0 Å². The monoisotopic (exact) mass is 432 g/mol. The molecule has 2 aromatic carbocycles. The van der Waals surface area contributed by atoms with Gasteiger partial charge in [-0.15, -0.1) is 5.10 Å². The highest BCUT2D eigenvalue weighted by Crippen LogP contribution is 2.39. The highest BCUT2D eigenvalue weighted by atomic mass is 16.6. The number of carbonyl (C=O) groups is 1. The number of hydrogen-bond acceptors (Lipinski definition) is 6. The lowest BCUT2D eigenvalue weighted by Crippen LogP contribution is -2.32. The second-order valence-corrected chi connectivity index (χ2v) is 8.78. The summed E-state index contributed by atoms with van der Waals surface area (Å²) in [6.45, 7) is 8.10. The lowest BCUT2D eigenvalue weighted by atomic mass is 9.87. The second kappa shape index (κ2) is 7.60. The van der Waals surface area contributed by atoms with Crippen LogP contribution in [0.1, 0.15) is 44.9 Å². The van der Waals surface area contributed by atoms with Crippen LogP contribution in [-0.2, 0) is 10.2 Å². The summed E-state index contributed by atoms with van der Waals surface area (Å²) in [5.74, 6) is 0.135. The number of anilines is 1. The van der Waals surface area contributed by atoms with Crippen molar-refractivity contribution in [3.05, 3.63) is 81.0 Å². The predicted octanol–water partition coefficient (Wildman–Crippen LogP) is 3.93. The van der Waals surface area contributed by atoms with Crippen LogP contribution in [0, 0.1) is 10.1 Å². The van der Waals surface area contributed by atoms with Crippen LogP contribution in [0.3, 0.4) is 0 Å². The van der Waals surface area contributed by atoms with Crippen molar-refractivity contribution in [1.82, 2.24) is 14.8 Å². The van der Waals surface area contributed by atoms with E-state index in [1.165, 1.54) is 16.3 Å². The number of hydrogen-bond donors (Lipinski definition) is 2. The molecule has 0 spiro atoms. The number of nitrogens with one attached hydrogen (secondary N) is 1. The second-order valence-electron chi connectivity index (χ2n) is 8.78. The molecule has 164 valence electrons. The number of nitro benzene ring substituents is 1. The van der Waals surface area contributed by atoms with Gasteiger partial charge >= 0.3 is 0 Å². The zero-order valence-corrected chi connectivity index (χ0v) is 18.3. The number of nitro groups is 1. The minimum absolute atomic E-state index is 0.00964. The number of amides is 1. The van der Waals surface area contributed by atoms with Gasteiger partial charge < -0.3 is 11.1 Å². The first-order valence-corrected chi connectivity index (χ1v) is 10.2. The SMILES string of the molecule is CC1=C(C(N)=O)C(c2ccccc2[N+](=O)[O-])n2nc(-c3ccc(C(C)(C)C)cc3)nc2N1. The smallest absolute Gasteiger partial charge is 0.275 e. The van der Waals surface area contributed by atoms with Crippen molar-refractivity contribution in [2.45, 2.75) is 39.2 Å². The standard InChI is InChI=1S/C23H24N6O3/c1-13-18(20(24)30)19(16-7-5-6-8-17(16)29(31)32)28-22(25-13)26-21(27-28)14-9-11-15(12-10-14)23(2,3)4/h5-12,19H,1-4H3,(H2,24,30)(H,25,26,27). The molecule has 3 N–H and O–H groups in total. The highest BCUT2D eigenvalue weighted by Gasteiger charge is 2.36. The summed E-state index contributed by atoms with van der Waals surface area (Å²) in [4.78, 5) is 28.1. The average Bonchev–Trinajstić information content (AvgIpc) is 3.15. The van der Waals surface area contributed by atoms with E-state index in [9.17, 15) is 14.9 Å². The largest absolute Gasteiger partial charge is 0.366 e. The molecule has 0 fully saturated rings. The number of nitrogens with two attached hydrogens (primary N) is 1. The van der Waals surface area contributed by atoms with E-state index in [-0.39, 0.29) is 16.7 Å². The molecule has 9 nitrogen and oxygen atoms in total. The molecule has 0 saturated carbocycles. The van der Waals surface area contributed by atoms with Crippen molar-refractivity contribution in [2.75, 3.05) is 5.32 Å². The van der Waals surface area contributed by atoms with E-state index in [0.717, 1.165) is 5.56 Å². The van der Waals surface area contributed by atoms with Crippen LogP contribution in [-0.4, -0.2) is 25.6 Å². The predicted molar refractivity (Wildman–Crippen MR) is 121 cm³/mol. The highest BCUT2D eigenvalue weighted by molar-refractivity contribution is 5.95. The van der Waals surface area contributed by atoms with Gasteiger partial charge in [-0.2, -0.15) is 4.98 Å². The Morgan fingerprint density at radius 1 is 1.16 bits per heavy atom. The molecule has 0 saturated heterocycles. The van der Waals surface area contributed by atoms with Crippen LogP contribution in [0.15, 0.2) is 59.8 Å². The molecule has 1 aliphatic heterocycles. The van der Waals surface area contributed by atoms with Crippen LogP contribution < -0.4 is 11.1 Å². The number of primary amides is 1. The van der Waals surface area contributed by atoms with Gasteiger partial charge in [-0.3, -0.25) is 14.9 Å². The van der Waals surface area contributed by atoms with Gasteiger partial charge in [0.2, 0.25) is 11.9 Å². The normalized spacial score (nSPS) is 15.8. The Kier molecular flexibility index (Phi) is 5.04. The summed E-state index contributed by atoms with van der Waals surface area (Å²) in [7, 11) is 0. The molecule has 1 atom stereocenters. The third-order valence-corrected chi connectivity index (χ3v) is 5.56. The number of benzene rings is 2. The first-order valence-electron chi connectivity index (χ1n) is 10.2. The van der Waals surface area contributed by atoms with Crippen molar-refractivity contribution in [1.29, 1.82) is 0 Å². The van der Waals surface area contributed by atoms with Crippen molar-refractivity contribution in [3.8, 4) is 11.4 Å². The molecular formula is C23H24N6O3. The van der Waals surface area contributed by atoms with Crippen molar-refractivity contribution in [3.63, 3.8) is 0 Å². The summed E-state index contributed by atoms with van der Waals surface area (Å²) in [6, 6.07) is 13.3. The molecular weight excluding hydrogens is 408 g/mol. The van der Waals surface area contributed by atoms with Gasteiger partial charge in [0.15, 0.2) is 5.82 Å². The Bertz CT molecular complexity index is 1250. The topological polar surface area (TPSA) is 129 Å². The molecule has 3 aromatic rings. The van der Waals surface area contributed by atoms with E-state index < -0.39 is 16.9 Å². The summed E-state index contributed by atoms with van der Waals surface area (Å²) in [6.07, 6.45) is 0. The molecule has 1 aromatic heterocycles. The summed E-state index contributed by atoms with van der Waals surface area (Å²) >= 11 is 0. The molecule has 1 aliphatic rings. The van der Waals surface area contributed by atoms with E-state index in [1.807, 2.05) is 24.3 Å². The van der Waals surface area contributed by atoms with Gasteiger partial charge in [-0.05, 0) is 24.0 Å². The van der Waals surface area contributed by atoms with Crippen LogP contribution in [0.4, 0.5) is 11.6 Å². The van der Waals surface area contributed by atoms with E-state index in [2.05, 4.69) is 36.2 Å². The van der Waals surface area contributed by atoms with E-state index in [1.54, 1.807) is 25.1 Å². The molecule has 9 heteroatoms. The number of nitrogens with zero attached hydrogens (tertiary/aromatic N) is 4. The lowest BCUT2D eigenvalue weighted by Gasteiger charge is -2.27. The van der Waals surface area contributed by atoms with Crippen LogP contribution in [0.2, 0.25) is 0 Å². The summed E-state index contributed by atoms with van der Waals surface area (Å²) in [5, 5.41) is 19.4. The zero-order valence-electron chi connectivity index (χ0n) is 18.3. The summed E-state index contributed by atoms with van der Waals surface area (Å²) < 4.78 is 1.49. The lowest BCUT2D eigenvalue weighted by molar-refractivity contribution is -0.385. The molecule has 0 radical (unpaired) electrons. The van der Waals surface area contributed by atoms with Gasteiger partial charge in [0, 0.05) is 17.3 Å². The molecule has 0 bridgehead atoms. The molecule has 2 heterocycles. The Morgan fingerprint density at radius 3 is 2.41 bits per heavy atom. The third-order valence-electron chi connectivity index (χ3n) is 5.56. The van der Waals surface area contributed by atoms with Gasteiger partial charge in [-0.1, -0.05) is 57.2 Å². The van der Waals surface area contributed by atoms with Crippen molar-refractivity contribution in [2.24, 2.45) is 5.73 Å². The maximum absolute atomic E-state index is 12.3. The quantitative estimate of drug-likeness (QED) is 0.475.